The number of carbonyl (C=O) groups is 1. The summed E-state index contributed by atoms with van der Waals surface area (Å²) < 4.78 is 2.28. The molecule has 0 aliphatic heterocycles. The van der Waals surface area contributed by atoms with Crippen LogP contribution in [0.2, 0.25) is 0 Å². The highest BCUT2D eigenvalue weighted by atomic mass is 16.6. The van der Waals surface area contributed by atoms with Gasteiger partial charge in [-0.15, -0.1) is 0 Å². The van der Waals surface area contributed by atoms with Gasteiger partial charge >= 0.3 is 0 Å². The van der Waals surface area contributed by atoms with Crippen molar-refractivity contribution in [1.82, 2.24) is 9.99 Å². The molecular formula is C22H22N4O3. The van der Waals surface area contributed by atoms with Crippen LogP contribution in [-0.2, 0) is 24.2 Å². The molecule has 1 aliphatic carbocycles. The smallest absolute Gasteiger partial charge is 0.269 e. The van der Waals surface area contributed by atoms with Crippen LogP contribution >= 0.6 is 0 Å². The molecule has 3 aromatic rings. The molecule has 7 heteroatoms. The van der Waals surface area contributed by atoms with Gasteiger partial charge in [0.15, 0.2) is 0 Å². The second-order valence-electron chi connectivity index (χ2n) is 7.19. The highest BCUT2D eigenvalue weighted by Crippen LogP contribution is 2.32. The molecule has 7 nitrogen and oxygen atoms in total. The Bertz CT molecular complexity index is 1080. The maximum atomic E-state index is 12.2. The summed E-state index contributed by atoms with van der Waals surface area (Å²) >= 11 is 0. The lowest BCUT2D eigenvalue weighted by Crippen LogP contribution is -2.20. The molecular weight excluding hydrogens is 368 g/mol. The van der Waals surface area contributed by atoms with E-state index < -0.39 is 4.92 Å². The number of nitro groups is 1. The number of para-hydroxylation sites is 1. The van der Waals surface area contributed by atoms with Crippen LogP contribution in [-0.4, -0.2) is 21.6 Å². The third-order valence-corrected chi connectivity index (χ3v) is 5.35. The molecule has 1 amide bonds. The van der Waals surface area contributed by atoms with Crippen molar-refractivity contribution in [1.29, 1.82) is 0 Å². The molecule has 0 fully saturated rings. The summed E-state index contributed by atoms with van der Waals surface area (Å²) in [5.41, 5.74) is 7.24. The lowest BCUT2D eigenvalue weighted by Gasteiger charge is -2.15. The summed E-state index contributed by atoms with van der Waals surface area (Å²) in [4.78, 5) is 22.5. The number of carbonyl (C=O) groups excluding carboxylic acids is 1. The van der Waals surface area contributed by atoms with E-state index in [2.05, 4.69) is 33.3 Å². The van der Waals surface area contributed by atoms with Gasteiger partial charge < -0.3 is 4.57 Å². The first kappa shape index (κ1) is 18.9. The molecule has 1 heterocycles. The molecule has 0 atom stereocenters. The summed E-state index contributed by atoms with van der Waals surface area (Å²) in [6, 6.07) is 14.4. The molecule has 1 N–H and O–H groups in total. The van der Waals surface area contributed by atoms with Crippen LogP contribution in [0.25, 0.3) is 10.9 Å². The van der Waals surface area contributed by atoms with Gasteiger partial charge in [-0.25, -0.2) is 5.43 Å². The van der Waals surface area contributed by atoms with Crippen molar-refractivity contribution >= 4 is 28.7 Å². The van der Waals surface area contributed by atoms with E-state index in [4.69, 9.17) is 0 Å². The molecule has 0 saturated heterocycles. The fraction of sp³-hybridized carbons (Fsp3) is 0.273. The molecule has 4 rings (SSSR count). The lowest BCUT2D eigenvalue weighted by molar-refractivity contribution is -0.384. The van der Waals surface area contributed by atoms with Crippen molar-refractivity contribution in [3.63, 3.8) is 0 Å². The SMILES string of the molecule is O=C(CCn1c2c(c3ccccc31)CCCC2)NN=Cc1ccc([N+](=O)[O-])cc1. The zero-order valence-electron chi connectivity index (χ0n) is 16.0. The normalized spacial score (nSPS) is 13.5. The van der Waals surface area contributed by atoms with Crippen LogP contribution in [0.3, 0.4) is 0 Å². The molecule has 29 heavy (non-hydrogen) atoms. The number of hydrogen-bond donors (Lipinski definition) is 1. The molecule has 0 unspecified atom stereocenters. The van der Waals surface area contributed by atoms with E-state index >= 15 is 0 Å². The first-order chi connectivity index (χ1) is 14.1. The van der Waals surface area contributed by atoms with Crippen LogP contribution in [0.1, 0.15) is 36.1 Å². The van der Waals surface area contributed by atoms with E-state index in [0.29, 0.717) is 18.5 Å². The number of aromatic nitrogens is 1. The summed E-state index contributed by atoms with van der Waals surface area (Å²) in [5.74, 6) is -0.162. The first-order valence-electron chi connectivity index (χ1n) is 9.79. The van der Waals surface area contributed by atoms with E-state index in [1.165, 1.54) is 53.3 Å². The Labute approximate surface area is 168 Å². The Balaban J connectivity index is 1.39. The van der Waals surface area contributed by atoms with Gasteiger partial charge in [0.05, 0.1) is 11.1 Å². The number of aryl methyl sites for hydroxylation is 2. The van der Waals surface area contributed by atoms with E-state index in [1.807, 2.05) is 6.07 Å². The van der Waals surface area contributed by atoms with Gasteiger partial charge in [0, 0.05) is 41.7 Å². The summed E-state index contributed by atoms with van der Waals surface area (Å²) in [6.45, 7) is 0.620. The second kappa shape index (κ2) is 8.26. The van der Waals surface area contributed by atoms with Crippen molar-refractivity contribution in [2.75, 3.05) is 0 Å². The van der Waals surface area contributed by atoms with E-state index in [-0.39, 0.29) is 11.6 Å². The molecule has 1 aromatic heterocycles. The quantitative estimate of drug-likeness (QED) is 0.392. The third-order valence-electron chi connectivity index (χ3n) is 5.35. The predicted molar refractivity (Wildman–Crippen MR) is 112 cm³/mol. The Morgan fingerprint density at radius 2 is 1.90 bits per heavy atom. The minimum Gasteiger partial charge on any atom is -0.344 e. The molecule has 0 bridgehead atoms. The number of rotatable bonds is 6. The number of fused-ring (bicyclic) bond motifs is 3. The van der Waals surface area contributed by atoms with Crippen molar-refractivity contribution in [2.45, 2.75) is 38.6 Å². The largest absolute Gasteiger partial charge is 0.344 e. The Kier molecular flexibility index (Phi) is 5.37. The van der Waals surface area contributed by atoms with Crippen molar-refractivity contribution < 1.29 is 9.72 Å². The van der Waals surface area contributed by atoms with Gasteiger partial charge in [0.1, 0.15) is 0 Å². The molecule has 0 radical (unpaired) electrons. The summed E-state index contributed by atoms with van der Waals surface area (Å²) in [6.07, 6.45) is 6.39. The summed E-state index contributed by atoms with van der Waals surface area (Å²) in [7, 11) is 0. The summed E-state index contributed by atoms with van der Waals surface area (Å²) in [5, 5.41) is 15.9. The van der Waals surface area contributed by atoms with Crippen molar-refractivity contribution in [2.24, 2.45) is 5.10 Å². The Morgan fingerprint density at radius 1 is 1.14 bits per heavy atom. The van der Waals surface area contributed by atoms with E-state index in [1.54, 1.807) is 12.1 Å². The number of hydrogen-bond acceptors (Lipinski definition) is 4. The minimum atomic E-state index is -0.452. The Hall–Kier alpha value is -3.48. The molecule has 1 aliphatic rings. The number of amides is 1. The minimum absolute atomic E-state index is 0.0217. The standard InChI is InChI=1S/C22H22N4O3/c27-22(24-23-15-16-9-11-17(12-10-16)26(28)29)13-14-25-20-7-3-1-5-18(20)19-6-2-4-8-21(19)25/h1,3,5,7,9-12,15H,2,4,6,8,13-14H2,(H,24,27). The zero-order valence-corrected chi connectivity index (χ0v) is 16.0. The topological polar surface area (TPSA) is 89.5 Å². The van der Waals surface area contributed by atoms with Crippen molar-refractivity contribution in [3.8, 4) is 0 Å². The molecule has 0 saturated carbocycles. The van der Waals surface area contributed by atoms with Crippen LogP contribution in [0.15, 0.2) is 53.6 Å². The average Bonchev–Trinajstić information content (AvgIpc) is 3.06. The lowest BCUT2D eigenvalue weighted by atomic mass is 9.95. The van der Waals surface area contributed by atoms with Gasteiger partial charge in [0.25, 0.3) is 5.69 Å². The number of nitro benzene ring substituents is 1. The van der Waals surface area contributed by atoms with Gasteiger partial charge in [-0.1, -0.05) is 18.2 Å². The highest BCUT2D eigenvalue weighted by molar-refractivity contribution is 5.86. The number of nitrogens with one attached hydrogen (secondary N) is 1. The zero-order chi connectivity index (χ0) is 20.2. The number of non-ortho nitro benzene ring substituents is 1. The van der Waals surface area contributed by atoms with Gasteiger partial charge in [-0.2, -0.15) is 5.10 Å². The average molecular weight is 390 g/mol. The van der Waals surface area contributed by atoms with E-state index in [9.17, 15) is 14.9 Å². The fourth-order valence-corrected chi connectivity index (χ4v) is 3.97. The number of benzene rings is 2. The molecule has 2 aromatic carbocycles. The fourth-order valence-electron chi connectivity index (χ4n) is 3.97. The monoisotopic (exact) mass is 390 g/mol. The van der Waals surface area contributed by atoms with Crippen molar-refractivity contribution in [3.05, 3.63) is 75.5 Å². The first-order valence-corrected chi connectivity index (χ1v) is 9.79. The van der Waals surface area contributed by atoms with Gasteiger partial charge in [0.2, 0.25) is 5.91 Å². The van der Waals surface area contributed by atoms with Gasteiger partial charge in [-0.05, 0) is 55.0 Å². The molecule has 0 spiro atoms. The highest BCUT2D eigenvalue weighted by Gasteiger charge is 2.19. The van der Waals surface area contributed by atoms with Crippen LogP contribution < -0.4 is 5.43 Å². The second-order valence-corrected chi connectivity index (χ2v) is 7.19. The van der Waals surface area contributed by atoms with Crippen LogP contribution in [0.5, 0.6) is 0 Å². The van der Waals surface area contributed by atoms with Gasteiger partial charge in [-0.3, -0.25) is 14.9 Å². The maximum absolute atomic E-state index is 12.2. The van der Waals surface area contributed by atoms with Crippen LogP contribution in [0, 0.1) is 10.1 Å². The molecule has 148 valence electrons. The van der Waals surface area contributed by atoms with E-state index in [0.717, 1.165) is 12.8 Å². The number of hydrazone groups is 1. The number of nitrogens with zero attached hydrogens (tertiary/aromatic N) is 3. The maximum Gasteiger partial charge on any atom is 0.269 e. The Morgan fingerprint density at radius 3 is 2.69 bits per heavy atom. The third kappa shape index (κ3) is 4.03. The van der Waals surface area contributed by atoms with Crippen LogP contribution in [0.4, 0.5) is 5.69 Å². The predicted octanol–water partition coefficient (Wildman–Crippen LogP) is 3.97.